The van der Waals surface area contributed by atoms with Crippen molar-refractivity contribution in [2.75, 3.05) is 19.8 Å². The van der Waals surface area contributed by atoms with Crippen LogP contribution in [0, 0.1) is 0 Å². The Balaban J connectivity index is 2.34. The van der Waals surface area contributed by atoms with Gasteiger partial charge in [-0.1, -0.05) is 18.2 Å². The Labute approximate surface area is 107 Å². The molecule has 0 atom stereocenters. The van der Waals surface area contributed by atoms with Gasteiger partial charge in [0.1, 0.15) is 18.6 Å². The number of hydrogen-bond donors (Lipinski definition) is 0. The number of para-hydroxylation sites is 1. The zero-order valence-corrected chi connectivity index (χ0v) is 10.7. The molecule has 4 nitrogen and oxygen atoms in total. The molecule has 0 amide bonds. The minimum absolute atomic E-state index is 0.253. The zero-order valence-electron chi connectivity index (χ0n) is 10.7. The van der Waals surface area contributed by atoms with Crippen molar-refractivity contribution in [2.24, 2.45) is 0 Å². The molecule has 98 valence electrons. The first-order valence-corrected chi connectivity index (χ1v) is 5.87. The van der Waals surface area contributed by atoms with Gasteiger partial charge in [0.25, 0.3) is 0 Å². The molecule has 0 aliphatic rings. The predicted molar refractivity (Wildman–Crippen MR) is 68.3 cm³/mol. The molecule has 1 aromatic carbocycles. The van der Waals surface area contributed by atoms with E-state index >= 15 is 0 Å². The summed E-state index contributed by atoms with van der Waals surface area (Å²) in [5.41, 5.74) is 0.412. The molecule has 0 aliphatic carbocycles. The van der Waals surface area contributed by atoms with Gasteiger partial charge in [0.15, 0.2) is 0 Å². The maximum atomic E-state index is 11.5. The second-order valence-corrected chi connectivity index (χ2v) is 3.56. The lowest BCUT2D eigenvalue weighted by Gasteiger charge is -2.05. The Morgan fingerprint density at radius 1 is 1.22 bits per heavy atom. The van der Waals surface area contributed by atoms with Gasteiger partial charge in [-0.3, -0.25) is 0 Å². The molecule has 0 saturated heterocycles. The van der Waals surface area contributed by atoms with Crippen molar-refractivity contribution in [3.8, 4) is 5.75 Å². The summed E-state index contributed by atoms with van der Waals surface area (Å²) >= 11 is 0. The standard InChI is InChI=1S/C14H18O4/c1-3-16-9-10-17-14(15)12(2)11-18-13-7-5-4-6-8-13/h4-8,11H,3,9-10H2,1-2H3. The van der Waals surface area contributed by atoms with Gasteiger partial charge in [-0.05, 0) is 26.0 Å². The van der Waals surface area contributed by atoms with Crippen LogP contribution in [0.3, 0.4) is 0 Å². The Morgan fingerprint density at radius 3 is 2.61 bits per heavy atom. The highest BCUT2D eigenvalue weighted by Crippen LogP contribution is 2.09. The van der Waals surface area contributed by atoms with Gasteiger partial charge >= 0.3 is 5.97 Å². The van der Waals surface area contributed by atoms with E-state index in [0.717, 1.165) is 0 Å². The van der Waals surface area contributed by atoms with Gasteiger partial charge in [-0.2, -0.15) is 0 Å². The Morgan fingerprint density at radius 2 is 1.94 bits per heavy atom. The number of esters is 1. The van der Waals surface area contributed by atoms with Crippen LogP contribution in [0.2, 0.25) is 0 Å². The molecule has 0 heterocycles. The molecule has 4 heteroatoms. The first-order valence-electron chi connectivity index (χ1n) is 5.87. The van der Waals surface area contributed by atoms with Crippen molar-refractivity contribution in [2.45, 2.75) is 13.8 Å². The van der Waals surface area contributed by atoms with Crippen LogP contribution in [-0.2, 0) is 14.3 Å². The topological polar surface area (TPSA) is 44.8 Å². The third kappa shape index (κ3) is 5.50. The molecule has 0 fully saturated rings. The third-order valence-corrected chi connectivity index (χ3v) is 2.10. The molecular weight excluding hydrogens is 232 g/mol. The van der Waals surface area contributed by atoms with Crippen LogP contribution in [0.5, 0.6) is 5.75 Å². The summed E-state index contributed by atoms with van der Waals surface area (Å²) < 4.78 is 15.4. The molecule has 18 heavy (non-hydrogen) atoms. The molecule has 0 N–H and O–H groups in total. The number of benzene rings is 1. The molecule has 0 spiro atoms. The van der Waals surface area contributed by atoms with Crippen LogP contribution >= 0.6 is 0 Å². The van der Waals surface area contributed by atoms with Crippen LogP contribution in [0.1, 0.15) is 13.8 Å². The van der Waals surface area contributed by atoms with E-state index in [2.05, 4.69) is 0 Å². The van der Waals surface area contributed by atoms with E-state index in [4.69, 9.17) is 14.2 Å². The van der Waals surface area contributed by atoms with Crippen LogP contribution < -0.4 is 4.74 Å². The number of rotatable bonds is 7. The highest BCUT2D eigenvalue weighted by atomic mass is 16.6. The van der Waals surface area contributed by atoms with Crippen LogP contribution in [0.4, 0.5) is 0 Å². The van der Waals surface area contributed by atoms with E-state index in [0.29, 0.717) is 24.5 Å². The van der Waals surface area contributed by atoms with Crippen molar-refractivity contribution in [3.63, 3.8) is 0 Å². The fourth-order valence-electron chi connectivity index (χ4n) is 1.16. The summed E-state index contributed by atoms with van der Waals surface area (Å²) in [7, 11) is 0. The second kappa shape index (κ2) is 8.31. The SMILES string of the molecule is CCOCCOC(=O)C(C)=COc1ccccc1. The fourth-order valence-corrected chi connectivity index (χ4v) is 1.16. The van der Waals surface area contributed by atoms with Crippen molar-refractivity contribution in [3.05, 3.63) is 42.2 Å². The summed E-state index contributed by atoms with van der Waals surface area (Å²) in [6.07, 6.45) is 1.39. The molecule has 0 bridgehead atoms. The lowest BCUT2D eigenvalue weighted by molar-refractivity contribution is -0.140. The molecule has 0 radical (unpaired) electrons. The van der Waals surface area contributed by atoms with Gasteiger partial charge in [-0.15, -0.1) is 0 Å². The van der Waals surface area contributed by atoms with E-state index in [9.17, 15) is 4.79 Å². The Hall–Kier alpha value is -1.81. The largest absolute Gasteiger partial charge is 0.464 e. The molecule has 1 aromatic rings. The van der Waals surface area contributed by atoms with E-state index in [-0.39, 0.29) is 6.61 Å². The fraction of sp³-hybridized carbons (Fsp3) is 0.357. The maximum absolute atomic E-state index is 11.5. The van der Waals surface area contributed by atoms with Crippen molar-refractivity contribution in [1.82, 2.24) is 0 Å². The van der Waals surface area contributed by atoms with Crippen molar-refractivity contribution < 1.29 is 19.0 Å². The predicted octanol–water partition coefficient (Wildman–Crippen LogP) is 2.55. The molecule has 0 saturated carbocycles. The highest BCUT2D eigenvalue weighted by Gasteiger charge is 2.05. The van der Waals surface area contributed by atoms with E-state index in [1.54, 1.807) is 6.92 Å². The normalized spacial score (nSPS) is 11.1. The molecular formula is C14H18O4. The quantitative estimate of drug-likeness (QED) is 0.323. The molecule has 1 rings (SSSR count). The maximum Gasteiger partial charge on any atom is 0.336 e. The molecule has 0 aliphatic heterocycles. The van der Waals surface area contributed by atoms with Gasteiger partial charge in [-0.25, -0.2) is 4.79 Å². The van der Waals surface area contributed by atoms with Gasteiger partial charge in [0.2, 0.25) is 0 Å². The van der Waals surface area contributed by atoms with Crippen LogP contribution in [0.15, 0.2) is 42.2 Å². The minimum Gasteiger partial charge on any atom is -0.464 e. The number of carbonyl (C=O) groups excluding carboxylic acids is 1. The smallest absolute Gasteiger partial charge is 0.336 e. The van der Waals surface area contributed by atoms with E-state index in [1.807, 2.05) is 37.3 Å². The first-order chi connectivity index (χ1) is 8.74. The summed E-state index contributed by atoms with van der Waals surface area (Å²) in [6, 6.07) is 9.23. The second-order valence-electron chi connectivity index (χ2n) is 3.56. The van der Waals surface area contributed by atoms with Crippen molar-refractivity contribution in [1.29, 1.82) is 0 Å². The van der Waals surface area contributed by atoms with Crippen molar-refractivity contribution >= 4 is 5.97 Å². The average Bonchev–Trinajstić information content (AvgIpc) is 2.42. The summed E-state index contributed by atoms with van der Waals surface area (Å²) in [5, 5.41) is 0. The number of carbonyl (C=O) groups is 1. The highest BCUT2D eigenvalue weighted by molar-refractivity contribution is 5.87. The van der Waals surface area contributed by atoms with E-state index < -0.39 is 5.97 Å². The third-order valence-electron chi connectivity index (χ3n) is 2.10. The molecule has 0 unspecified atom stereocenters. The van der Waals surface area contributed by atoms with Crippen LogP contribution in [0.25, 0.3) is 0 Å². The zero-order chi connectivity index (χ0) is 13.2. The Bertz CT molecular complexity index is 384. The summed E-state index contributed by atoms with van der Waals surface area (Å²) in [6.45, 7) is 4.81. The number of hydrogen-bond acceptors (Lipinski definition) is 4. The molecule has 0 aromatic heterocycles. The van der Waals surface area contributed by atoms with Gasteiger partial charge in [0, 0.05) is 6.61 Å². The lowest BCUT2D eigenvalue weighted by Crippen LogP contribution is -2.11. The van der Waals surface area contributed by atoms with E-state index in [1.165, 1.54) is 6.26 Å². The lowest BCUT2D eigenvalue weighted by atomic mass is 10.3. The number of ether oxygens (including phenoxy) is 3. The monoisotopic (exact) mass is 250 g/mol. The minimum atomic E-state index is -0.398. The first kappa shape index (κ1) is 14.3. The average molecular weight is 250 g/mol. The summed E-state index contributed by atoms with van der Waals surface area (Å²) in [5.74, 6) is 0.282. The van der Waals surface area contributed by atoms with Gasteiger partial charge < -0.3 is 14.2 Å². The van der Waals surface area contributed by atoms with Crippen LogP contribution in [-0.4, -0.2) is 25.8 Å². The van der Waals surface area contributed by atoms with Gasteiger partial charge in [0.05, 0.1) is 12.2 Å². The summed E-state index contributed by atoms with van der Waals surface area (Å²) in [4.78, 5) is 11.5. The Kier molecular flexibility index (Phi) is 6.58.